The minimum Gasteiger partial charge on any atom is -0.474 e. The third kappa shape index (κ3) is 5.16. The zero-order valence-electron chi connectivity index (χ0n) is 15.1. The fourth-order valence-corrected chi connectivity index (χ4v) is 3.46. The highest BCUT2D eigenvalue weighted by atomic mass is 16.5. The maximum atomic E-state index is 5.95. The van der Waals surface area contributed by atoms with Crippen molar-refractivity contribution in [2.24, 2.45) is 0 Å². The van der Waals surface area contributed by atoms with Crippen molar-refractivity contribution in [1.82, 2.24) is 14.8 Å². The van der Waals surface area contributed by atoms with Gasteiger partial charge in [0.1, 0.15) is 6.10 Å². The van der Waals surface area contributed by atoms with Gasteiger partial charge in [-0.15, -0.1) is 0 Å². The number of hydrogen-bond donors (Lipinski definition) is 0. The average molecular weight is 333 g/mol. The highest BCUT2D eigenvalue weighted by Gasteiger charge is 2.18. The molecule has 0 aromatic carbocycles. The van der Waals surface area contributed by atoms with Crippen LogP contribution in [0.3, 0.4) is 0 Å². The van der Waals surface area contributed by atoms with E-state index in [9.17, 15) is 0 Å². The van der Waals surface area contributed by atoms with Crippen LogP contribution in [0, 0.1) is 0 Å². The van der Waals surface area contributed by atoms with Gasteiger partial charge >= 0.3 is 0 Å². The maximum Gasteiger partial charge on any atom is 0.213 e. The molecule has 0 atom stereocenters. The standard InChI is InChI=1S/C19H31N3O2/c1-16(2)22-9-3-8-21(10-11-22)15-17-4-5-19(20-14-17)24-18-6-12-23-13-7-18/h4-5,14,16,18H,3,6-13,15H2,1-2H3. The number of rotatable bonds is 5. The molecule has 3 heterocycles. The second-order valence-corrected chi connectivity index (χ2v) is 7.19. The van der Waals surface area contributed by atoms with Crippen LogP contribution in [0.1, 0.15) is 38.7 Å². The van der Waals surface area contributed by atoms with Crippen LogP contribution < -0.4 is 4.74 Å². The molecule has 24 heavy (non-hydrogen) atoms. The Morgan fingerprint density at radius 3 is 2.71 bits per heavy atom. The summed E-state index contributed by atoms with van der Waals surface area (Å²) >= 11 is 0. The summed E-state index contributed by atoms with van der Waals surface area (Å²) in [5.74, 6) is 0.743. The predicted octanol–water partition coefficient (Wildman–Crippen LogP) is 2.56. The molecule has 0 radical (unpaired) electrons. The minimum atomic E-state index is 0.254. The Bertz CT molecular complexity index is 486. The SMILES string of the molecule is CC(C)N1CCCN(Cc2ccc(OC3CCOCC3)nc2)CC1. The molecule has 0 N–H and O–H groups in total. The quantitative estimate of drug-likeness (QED) is 0.828. The molecule has 0 spiro atoms. The van der Waals surface area contributed by atoms with Gasteiger partial charge in [0, 0.05) is 50.8 Å². The van der Waals surface area contributed by atoms with Crippen molar-refractivity contribution >= 4 is 0 Å². The normalized spacial score (nSPS) is 21.8. The van der Waals surface area contributed by atoms with Crippen LogP contribution in [0.15, 0.2) is 18.3 Å². The van der Waals surface area contributed by atoms with Gasteiger partial charge < -0.3 is 9.47 Å². The summed E-state index contributed by atoms with van der Waals surface area (Å²) in [4.78, 5) is 9.62. The molecule has 0 bridgehead atoms. The van der Waals surface area contributed by atoms with Gasteiger partial charge in [-0.05, 0) is 38.9 Å². The van der Waals surface area contributed by atoms with Crippen LogP contribution in [0.25, 0.3) is 0 Å². The highest BCUT2D eigenvalue weighted by Crippen LogP contribution is 2.17. The lowest BCUT2D eigenvalue weighted by atomic mass is 10.1. The molecule has 5 nitrogen and oxygen atoms in total. The Morgan fingerprint density at radius 1 is 1.17 bits per heavy atom. The van der Waals surface area contributed by atoms with E-state index in [4.69, 9.17) is 9.47 Å². The Hall–Kier alpha value is -1.17. The van der Waals surface area contributed by atoms with Crippen molar-refractivity contribution in [3.05, 3.63) is 23.9 Å². The summed E-state index contributed by atoms with van der Waals surface area (Å²) in [6.07, 6.45) is 5.40. The zero-order valence-corrected chi connectivity index (χ0v) is 15.1. The maximum absolute atomic E-state index is 5.95. The molecule has 2 aliphatic heterocycles. The summed E-state index contributed by atoms with van der Waals surface area (Å²) in [6, 6.07) is 4.82. The molecule has 2 aliphatic rings. The number of ether oxygens (including phenoxy) is 2. The summed E-state index contributed by atoms with van der Waals surface area (Å²) in [6.45, 7) is 11.8. The summed E-state index contributed by atoms with van der Waals surface area (Å²) < 4.78 is 11.3. The number of aromatic nitrogens is 1. The summed E-state index contributed by atoms with van der Waals surface area (Å²) in [5, 5.41) is 0. The Morgan fingerprint density at radius 2 is 2.00 bits per heavy atom. The summed E-state index contributed by atoms with van der Waals surface area (Å²) in [5.41, 5.74) is 1.27. The first-order valence-electron chi connectivity index (χ1n) is 9.36. The van der Waals surface area contributed by atoms with Crippen molar-refractivity contribution in [3.8, 4) is 5.88 Å². The van der Waals surface area contributed by atoms with Crippen molar-refractivity contribution in [1.29, 1.82) is 0 Å². The van der Waals surface area contributed by atoms with Gasteiger partial charge in [-0.3, -0.25) is 9.80 Å². The molecule has 0 amide bonds. The molecule has 5 heteroatoms. The molecule has 0 unspecified atom stereocenters. The van der Waals surface area contributed by atoms with Gasteiger partial charge in [0.05, 0.1) is 13.2 Å². The van der Waals surface area contributed by atoms with Crippen LogP contribution in [0.5, 0.6) is 5.88 Å². The van der Waals surface area contributed by atoms with Crippen molar-refractivity contribution in [2.75, 3.05) is 39.4 Å². The number of nitrogens with zero attached hydrogens (tertiary/aromatic N) is 3. The van der Waals surface area contributed by atoms with Crippen LogP contribution in [0.2, 0.25) is 0 Å². The monoisotopic (exact) mass is 333 g/mol. The lowest BCUT2D eigenvalue weighted by Gasteiger charge is -2.25. The van der Waals surface area contributed by atoms with Crippen molar-refractivity contribution in [3.63, 3.8) is 0 Å². The van der Waals surface area contributed by atoms with Crippen molar-refractivity contribution in [2.45, 2.75) is 51.8 Å². The first-order valence-corrected chi connectivity index (χ1v) is 9.36. The third-order valence-corrected chi connectivity index (χ3v) is 5.01. The van der Waals surface area contributed by atoms with Crippen LogP contribution in [-0.2, 0) is 11.3 Å². The summed E-state index contributed by atoms with van der Waals surface area (Å²) in [7, 11) is 0. The lowest BCUT2D eigenvalue weighted by Crippen LogP contribution is -2.34. The van der Waals surface area contributed by atoms with E-state index < -0.39 is 0 Å². The molecular formula is C19H31N3O2. The van der Waals surface area contributed by atoms with E-state index in [0.29, 0.717) is 6.04 Å². The van der Waals surface area contributed by atoms with Crippen LogP contribution in [-0.4, -0.2) is 66.3 Å². The number of pyridine rings is 1. The number of hydrogen-bond acceptors (Lipinski definition) is 5. The lowest BCUT2D eigenvalue weighted by molar-refractivity contribution is 0.0237. The van der Waals surface area contributed by atoms with E-state index in [-0.39, 0.29) is 6.10 Å². The zero-order chi connectivity index (χ0) is 16.8. The first kappa shape index (κ1) is 17.6. The van der Waals surface area contributed by atoms with Crippen LogP contribution >= 0.6 is 0 Å². The molecule has 1 aromatic rings. The third-order valence-electron chi connectivity index (χ3n) is 5.01. The van der Waals surface area contributed by atoms with E-state index in [1.807, 2.05) is 12.3 Å². The molecule has 2 fully saturated rings. The van der Waals surface area contributed by atoms with Gasteiger partial charge in [-0.2, -0.15) is 0 Å². The molecular weight excluding hydrogens is 302 g/mol. The predicted molar refractivity (Wildman–Crippen MR) is 95.3 cm³/mol. The van der Waals surface area contributed by atoms with Crippen molar-refractivity contribution < 1.29 is 9.47 Å². The van der Waals surface area contributed by atoms with Gasteiger partial charge in [0.25, 0.3) is 0 Å². The Kier molecular flexibility index (Phi) is 6.46. The molecule has 2 saturated heterocycles. The molecule has 0 aliphatic carbocycles. The fourth-order valence-electron chi connectivity index (χ4n) is 3.46. The smallest absolute Gasteiger partial charge is 0.213 e. The van der Waals surface area contributed by atoms with E-state index in [2.05, 4.69) is 34.7 Å². The Balaban J connectivity index is 1.48. The van der Waals surface area contributed by atoms with Gasteiger partial charge in [-0.1, -0.05) is 6.07 Å². The first-order chi connectivity index (χ1) is 11.7. The van der Waals surface area contributed by atoms with E-state index >= 15 is 0 Å². The molecule has 3 rings (SSSR count). The van der Waals surface area contributed by atoms with Gasteiger partial charge in [0.15, 0.2) is 0 Å². The Labute approximate surface area is 145 Å². The van der Waals surface area contributed by atoms with E-state index in [0.717, 1.165) is 51.6 Å². The second-order valence-electron chi connectivity index (χ2n) is 7.19. The second kappa shape index (κ2) is 8.79. The van der Waals surface area contributed by atoms with E-state index in [1.165, 1.54) is 25.1 Å². The fraction of sp³-hybridized carbons (Fsp3) is 0.737. The van der Waals surface area contributed by atoms with Crippen LogP contribution in [0.4, 0.5) is 0 Å². The van der Waals surface area contributed by atoms with Gasteiger partial charge in [-0.25, -0.2) is 4.98 Å². The van der Waals surface area contributed by atoms with E-state index in [1.54, 1.807) is 0 Å². The molecule has 0 saturated carbocycles. The van der Waals surface area contributed by atoms with Gasteiger partial charge in [0.2, 0.25) is 5.88 Å². The molecule has 1 aromatic heterocycles. The minimum absolute atomic E-state index is 0.254. The highest BCUT2D eigenvalue weighted by molar-refractivity contribution is 5.18. The average Bonchev–Trinajstić information content (AvgIpc) is 2.83. The topological polar surface area (TPSA) is 37.8 Å². The largest absolute Gasteiger partial charge is 0.474 e. The molecule has 134 valence electrons.